The van der Waals surface area contributed by atoms with Gasteiger partial charge in [-0.05, 0) is 19.3 Å². The van der Waals surface area contributed by atoms with E-state index in [1.165, 1.54) is 86.5 Å². The lowest BCUT2D eigenvalue weighted by Crippen LogP contribution is -2.41. The third-order valence-electron chi connectivity index (χ3n) is 5.48. The number of carbonyl (C=O) groups is 3. The van der Waals surface area contributed by atoms with Gasteiger partial charge in [0, 0.05) is 17.9 Å². The molecule has 0 spiro atoms. The molecule has 0 saturated carbocycles. The van der Waals surface area contributed by atoms with E-state index in [1.54, 1.807) is 0 Å². The summed E-state index contributed by atoms with van der Waals surface area (Å²) in [5, 5.41) is 11.6. The molecule has 4 N–H and O–H groups in total. The monoisotopic (exact) mass is 506 g/mol. The molecule has 33 heavy (non-hydrogen) atoms. The van der Waals surface area contributed by atoms with Crippen molar-refractivity contribution in [1.82, 2.24) is 5.32 Å². The van der Waals surface area contributed by atoms with Gasteiger partial charge in [-0.15, -0.1) is 0 Å². The molecular formula is C24H46N2O5S2. The Morgan fingerprint density at radius 2 is 1.33 bits per heavy atom. The average Bonchev–Trinajstić information content (AvgIpc) is 2.80. The molecular weight excluding hydrogens is 460 g/mol. The Kier molecular flexibility index (Phi) is 22.2. The minimum absolute atomic E-state index is 0.109. The van der Waals surface area contributed by atoms with Crippen molar-refractivity contribution in [2.75, 3.05) is 18.6 Å². The Balaban J connectivity index is 3.80. The molecule has 0 saturated heterocycles. The van der Waals surface area contributed by atoms with Crippen molar-refractivity contribution in [3.8, 4) is 0 Å². The zero-order valence-electron chi connectivity index (χ0n) is 20.6. The zero-order chi connectivity index (χ0) is 24.7. The van der Waals surface area contributed by atoms with Gasteiger partial charge in [0.2, 0.25) is 5.91 Å². The van der Waals surface area contributed by atoms with E-state index in [0.717, 1.165) is 19.3 Å². The largest absolute Gasteiger partial charge is 0.480 e. The van der Waals surface area contributed by atoms with Crippen LogP contribution in [0, 0.1) is 0 Å². The second-order valence-corrected chi connectivity index (χ2v) is 11.2. The Morgan fingerprint density at radius 1 is 0.848 bits per heavy atom. The molecule has 0 aliphatic heterocycles. The third kappa shape index (κ3) is 20.2. The second-order valence-electron chi connectivity index (χ2n) is 8.45. The van der Waals surface area contributed by atoms with Crippen LogP contribution >= 0.6 is 21.6 Å². The molecule has 0 aliphatic carbocycles. The van der Waals surface area contributed by atoms with Crippen LogP contribution in [-0.4, -0.2) is 53.7 Å². The molecule has 0 heterocycles. The van der Waals surface area contributed by atoms with Crippen LogP contribution in [0.1, 0.15) is 103 Å². The molecule has 0 aliphatic rings. The topological polar surface area (TPSA) is 119 Å². The number of nitrogens with two attached hydrogens (primary N) is 1. The SMILES string of the molecule is CCCCCCCCCCCCCCC(=O)NC(CCSSCCC(N)C(=O)O)C(=O)OC. The fourth-order valence-electron chi connectivity index (χ4n) is 3.37. The number of aliphatic carboxylic acids is 1. The number of ether oxygens (including phenoxy) is 1. The highest BCUT2D eigenvalue weighted by molar-refractivity contribution is 8.76. The number of methoxy groups -OCH3 is 1. The van der Waals surface area contributed by atoms with Crippen molar-refractivity contribution in [3.05, 3.63) is 0 Å². The highest BCUT2D eigenvalue weighted by Gasteiger charge is 2.21. The number of nitrogens with one attached hydrogen (secondary N) is 1. The molecule has 1 amide bonds. The maximum absolute atomic E-state index is 12.2. The van der Waals surface area contributed by atoms with Gasteiger partial charge in [-0.3, -0.25) is 9.59 Å². The lowest BCUT2D eigenvalue weighted by molar-refractivity contribution is -0.145. The van der Waals surface area contributed by atoms with Crippen molar-refractivity contribution in [2.24, 2.45) is 5.73 Å². The van der Waals surface area contributed by atoms with Crippen molar-refractivity contribution in [1.29, 1.82) is 0 Å². The van der Waals surface area contributed by atoms with Gasteiger partial charge in [-0.2, -0.15) is 0 Å². The van der Waals surface area contributed by atoms with Gasteiger partial charge in [0.25, 0.3) is 0 Å². The van der Waals surface area contributed by atoms with E-state index >= 15 is 0 Å². The highest BCUT2D eigenvalue weighted by Crippen LogP contribution is 2.24. The summed E-state index contributed by atoms with van der Waals surface area (Å²) >= 11 is 0. The van der Waals surface area contributed by atoms with Gasteiger partial charge < -0.3 is 20.9 Å². The molecule has 2 atom stereocenters. The summed E-state index contributed by atoms with van der Waals surface area (Å²) in [6.45, 7) is 2.24. The summed E-state index contributed by atoms with van der Waals surface area (Å²) in [5.74, 6) is -0.279. The van der Waals surface area contributed by atoms with Crippen molar-refractivity contribution < 1.29 is 24.2 Å². The van der Waals surface area contributed by atoms with Crippen molar-refractivity contribution >= 4 is 39.4 Å². The van der Waals surface area contributed by atoms with Crippen LogP contribution in [0.3, 0.4) is 0 Å². The zero-order valence-corrected chi connectivity index (χ0v) is 22.3. The second kappa shape index (κ2) is 22.8. The number of esters is 1. The molecule has 0 aromatic carbocycles. The van der Waals surface area contributed by atoms with Gasteiger partial charge in [0.1, 0.15) is 12.1 Å². The number of carboxylic acids is 1. The summed E-state index contributed by atoms with van der Waals surface area (Å²) in [4.78, 5) is 34.9. The molecule has 194 valence electrons. The molecule has 2 unspecified atom stereocenters. The fourth-order valence-corrected chi connectivity index (χ4v) is 5.57. The molecule has 7 nitrogen and oxygen atoms in total. The highest BCUT2D eigenvalue weighted by atomic mass is 33.1. The summed E-state index contributed by atoms with van der Waals surface area (Å²) in [5.41, 5.74) is 5.47. The molecule has 0 radical (unpaired) electrons. The van der Waals surface area contributed by atoms with Crippen LogP contribution < -0.4 is 11.1 Å². The first-order chi connectivity index (χ1) is 15.9. The fraction of sp³-hybridized carbons (Fsp3) is 0.875. The molecule has 0 bridgehead atoms. The quantitative estimate of drug-likeness (QED) is 0.0969. The molecule has 0 rings (SSSR count). The molecule has 9 heteroatoms. The van der Waals surface area contributed by atoms with Crippen LogP contribution in [0.4, 0.5) is 0 Å². The minimum Gasteiger partial charge on any atom is -0.480 e. The van der Waals surface area contributed by atoms with Crippen molar-refractivity contribution in [2.45, 2.75) is 115 Å². The van der Waals surface area contributed by atoms with Crippen LogP contribution in [-0.2, 0) is 19.1 Å². The van der Waals surface area contributed by atoms with E-state index in [2.05, 4.69) is 12.2 Å². The van der Waals surface area contributed by atoms with Gasteiger partial charge in [0.15, 0.2) is 0 Å². The van der Waals surface area contributed by atoms with Crippen molar-refractivity contribution in [3.63, 3.8) is 0 Å². The van der Waals surface area contributed by atoms with E-state index in [0.29, 0.717) is 30.8 Å². The summed E-state index contributed by atoms with van der Waals surface area (Å²) in [7, 11) is 4.38. The lowest BCUT2D eigenvalue weighted by atomic mass is 10.0. The van der Waals surface area contributed by atoms with E-state index in [-0.39, 0.29) is 5.91 Å². The first-order valence-electron chi connectivity index (χ1n) is 12.5. The summed E-state index contributed by atoms with van der Waals surface area (Å²) in [6, 6.07) is -1.49. The third-order valence-corrected chi connectivity index (χ3v) is 7.95. The Morgan fingerprint density at radius 3 is 1.82 bits per heavy atom. The number of unbranched alkanes of at least 4 members (excludes halogenated alkanes) is 11. The summed E-state index contributed by atoms with van der Waals surface area (Å²) < 4.78 is 4.81. The number of amides is 1. The Hall–Kier alpha value is -0.930. The summed E-state index contributed by atoms with van der Waals surface area (Å²) in [6.07, 6.45) is 16.3. The van der Waals surface area contributed by atoms with Crippen LogP contribution in [0.2, 0.25) is 0 Å². The first kappa shape index (κ1) is 32.1. The van der Waals surface area contributed by atoms with Crippen LogP contribution in [0.25, 0.3) is 0 Å². The molecule has 0 aromatic heterocycles. The van der Waals surface area contributed by atoms with Gasteiger partial charge in [-0.1, -0.05) is 99.1 Å². The number of rotatable bonds is 23. The Labute approximate surface area is 208 Å². The van der Waals surface area contributed by atoms with E-state index in [1.807, 2.05) is 0 Å². The van der Waals surface area contributed by atoms with E-state index in [4.69, 9.17) is 15.6 Å². The average molecular weight is 507 g/mol. The molecule has 0 aromatic rings. The first-order valence-corrected chi connectivity index (χ1v) is 15.0. The van der Waals surface area contributed by atoms with Gasteiger partial charge in [-0.25, -0.2) is 4.79 Å². The maximum atomic E-state index is 12.2. The standard InChI is InChI=1S/C24H46N2O5S2/c1-3-4-5-6-7-8-9-10-11-12-13-14-15-22(27)26-21(24(30)31-2)17-19-33-32-18-16-20(25)23(28)29/h20-21H,3-19,25H2,1-2H3,(H,26,27)(H,28,29). The van der Waals surface area contributed by atoms with Gasteiger partial charge >= 0.3 is 11.9 Å². The van der Waals surface area contributed by atoms with E-state index in [9.17, 15) is 14.4 Å². The lowest BCUT2D eigenvalue weighted by Gasteiger charge is -2.16. The molecule has 0 fully saturated rings. The predicted octanol–water partition coefficient (Wildman–Crippen LogP) is 5.31. The predicted molar refractivity (Wildman–Crippen MR) is 139 cm³/mol. The van der Waals surface area contributed by atoms with Gasteiger partial charge in [0.05, 0.1) is 7.11 Å². The van der Waals surface area contributed by atoms with Crippen LogP contribution in [0.15, 0.2) is 0 Å². The normalized spacial score (nSPS) is 12.8. The number of hydrogen-bond donors (Lipinski definition) is 3. The van der Waals surface area contributed by atoms with Crippen LogP contribution in [0.5, 0.6) is 0 Å². The number of carbonyl (C=O) groups excluding carboxylic acids is 2. The number of carboxylic acid groups (broad SMARTS) is 1. The minimum atomic E-state index is -0.998. The number of hydrogen-bond acceptors (Lipinski definition) is 7. The Bertz CT molecular complexity index is 523. The maximum Gasteiger partial charge on any atom is 0.328 e. The smallest absolute Gasteiger partial charge is 0.328 e. The van der Waals surface area contributed by atoms with E-state index < -0.39 is 24.0 Å².